The maximum absolute atomic E-state index is 13.0. The summed E-state index contributed by atoms with van der Waals surface area (Å²) in [5, 5.41) is 9.22. The molecule has 0 aliphatic carbocycles. The molecule has 1 N–H and O–H groups in total. The van der Waals surface area contributed by atoms with Crippen LogP contribution in [0.3, 0.4) is 0 Å². The Morgan fingerprint density at radius 1 is 1.14 bits per heavy atom. The van der Waals surface area contributed by atoms with E-state index in [1.54, 1.807) is 12.3 Å². The molecule has 0 spiro atoms. The number of hydrogen-bond donors (Lipinski definition) is 1. The minimum absolute atomic E-state index is 0.0957. The van der Waals surface area contributed by atoms with Crippen molar-refractivity contribution in [3.05, 3.63) is 41.6 Å². The monoisotopic (exact) mass is 382 g/mol. The summed E-state index contributed by atoms with van der Waals surface area (Å²) >= 11 is 0. The van der Waals surface area contributed by atoms with Crippen LogP contribution < -0.4 is 0 Å². The number of nitrogens with zero attached hydrogens (tertiary/aromatic N) is 4. The highest BCUT2D eigenvalue weighted by Crippen LogP contribution is 2.33. The zero-order chi connectivity index (χ0) is 20.5. The normalized spacial score (nSPS) is 17.4. The van der Waals surface area contributed by atoms with Gasteiger partial charge in [0.2, 0.25) is 5.91 Å². The summed E-state index contributed by atoms with van der Waals surface area (Å²) in [7, 11) is 0. The number of rotatable bonds is 3. The van der Waals surface area contributed by atoms with Gasteiger partial charge in [0.25, 0.3) is 0 Å². The van der Waals surface area contributed by atoms with E-state index in [0.29, 0.717) is 23.6 Å². The lowest BCUT2D eigenvalue weighted by Crippen LogP contribution is -2.44. The molecule has 1 aliphatic rings. The lowest BCUT2D eigenvalue weighted by Gasteiger charge is -2.38. The molecular weight excluding hydrogens is 356 g/mol. The van der Waals surface area contributed by atoms with Crippen molar-refractivity contribution in [3.8, 4) is 11.3 Å². The molecule has 1 atom stereocenters. The molecule has 2 aromatic heterocycles. The van der Waals surface area contributed by atoms with Gasteiger partial charge in [0.1, 0.15) is 0 Å². The fourth-order valence-corrected chi connectivity index (χ4v) is 3.46. The Balaban J connectivity index is 2.01. The van der Waals surface area contributed by atoms with E-state index in [1.807, 2.05) is 38.7 Å². The second-order valence-electron chi connectivity index (χ2n) is 8.28. The Bertz CT molecular complexity index is 905. The van der Waals surface area contributed by atoms with Crippen molar-refractivity contribution in [3.63, 3.8) is 0 Å². The van der Waals surface area contributed by atoms with E-state index in [2.05, 4.69) is 9.97 Å². The lowest BCUT2D eigenvalue weighted by molar-refractivity contribution is -0.143. The highest BCUT2D eigenvalue weighted by atomic mass is 16.4. The summed E-state index contributed by atoms with van der Waals surface area (Å²) < 4.78 is 0. The zero-order valence-electron chi connectivity index (χ0n) is 16.8. The molecule has 7 nitrogen and oxygen atoms in total. The molecule has 148 valence electrons. The summed E-state index contributed by atoms with van der Waals surface area (Å²) in [6.45, 7) is 8.34. The van der Waals surface area contributed by atoms with E-state index in [1.165, 1.54) is 6.20 Å². The van der Waals surface area contributed by atoms with Gasteiger partial charge in [0.15, 0.2) is 5.82 Å². The smallest absolute Gasteiger partial charge is 0.337 e. The standard InChI is InChI=1S/C21H26N4O3/c1-13-9-16(14-10-15(19(26)27)12-22-11-14)24-18(23-13)17-7-5-6-8-25(17)20(28)21(2,3)4/h9-12,17H,5-8H2,1-4H3,(H,26,27)/t17-/m0/s1. The average molecular weight is 382 g/mol. The molecule has 0 radical (unpaired) electrons. The van der Waals surface area contributed by atoms with E-state index >= 15 is 0 Å². The van der Waals surface area contributed by atoms with Crippen LogP contribution in [0, 0.1) is 12.3 Å². The highest BCUT2D eigenvalue weighted by Gasteiger charge is 2.35. The summed E-state index contributed by atoms with van der Waals surface area (Å²) in [6.07, 6.45) is 5.71. The van der Waals surface area contributed by atoms with Gasteiger partial charge in [-0.3, -0.25) is 9.78 Å². The van der Waals surface area contributed by atoms with E-state index in [0.717, 1.165) is 25.0 Å². The van der Waals surface area contributed by atoms with E-state index in [-0.39, 0.29) is 17.5 Å². The Labute approximate surface area is 164 Å². The van der Waals surface area contributed by atoms with Gasteiger partial charge < -0.3 is 10.0 Å². The minimum atomic E-state index is -1.03. The summed E-state index contributed by atoms with van der Waals surface area (Å²) in [6, 6.07) is 3.19. The number of aromatic nitrogens is 3. The molecule has 7 heteroatoms. The number of amides is 1. The third kappa shape index (κ3) is 4.18. The number of carboxylic acids is 1. The van der Waals surface area contributed by atoms with Crippen molar-refractivity contribution in [2.75, 3.05) is 6.54 Å². The molecule has 2 aromatic rings. The maximum atomic E-state index is 13.0. The molecule has 1 amide bonds. The number of likely N-dealkylation sites (tertiary alicyclic amines) is 1. The Kier molecular flexibility index (Phi) is 5.45. The first-order valence-electron chi connectivity index (χ1n) is 9.52. The number of aromatic carboxylic acids is 1. The highest BCUT2D eigenvalue weighted by molar-refractivity contribution is 5.88. The lowest BCUT2D eigenvalue weighted by atomic mass is 9.91. The molecule has 0 aromatic carbocycles. The first-order valence-corrected chi connectivity index (χ1v) is 9.52. The molecular formula is C21H26N4O3. The molecule has 1 saturated heterocycles. The topological polar surface area (TPSA) is 96.3 Å². The average Bonchev–Trinajstić information content (AvgIpc) is 2.66. The number of hydrogen-bond acceptors (Lipinski definition) is 5. The Hall–Kier alpha value is -2.83. The Morgan fingerprint density at radius 2 is 1.89 bits per heavy atom. The van der Waals surface area contributed by atoms with Crippen LogP contribution in [0.1, 0.15) is 68.0 Å². The van der Waals surface area contributed by atoms with Gasteiger partial charge in [-0.1, -0.05) is 20.8 Å². The van der Waals surface area contributed by atoms with Crippen molar-refractivity contribution < 1.29 is 14.7 Å². The van der Waals surface area contributed by atoms with Crippen molar-refractivity contribution in [2.45, 2.75) is 53.0 Å². The predicted molar refractivity (Wildman–Crippen MR) is 105 cm³/mol. The van der Waals surface area contributed by atoms with Crippen molar-refractivity contribution in [1.82, 2.24) is 19.9 Å². The largest absolute Gasteiger partial charge is 0.478 e. The van der Waals surface area contributed by atoms with Crippen molar-refractivity contribution in [2.24, 2.45) is 5.41 Å². The Morgan fingerprint density at radius 3 is 2.57 bits per heavy atom. The van der Waals surface area contributed by atoms with Crippen LogP contribution in [0.25, 0.3) is 11.3 Å². The van der Waals surface area contributed by atoms with Gasteiger partial charge in [-0.2, -0.15) is 0 Å². The number of aryl methyl sites for hydroxylation is 1. The van der Waals surface area contributed by atoms with Crippen LogP contribution >= 0.6 is 0 Å². The molecule has 0 saturated carbocycles. The van der Waals surface area contributed by atoms with Crippen LogP contribution in [-0.4, -0.2) is 43.4 Å². The molecule has 3 heterocycles. The fourth-order valence-electron chi connectivity index (χ4n) is 3.46. The van der Waals surface area contributed by atoms with Gasteiger partial charge >= 0.3 is 5.97 Å². The molecule has 1 aliphatic heterocycles. The number of carbonyl (C=O) groups is 2. The molecule has 28 heavy (non-hydrogen) atoms. The van der Waals surface area contributed by atoms with Gasteiger partial charge in [0.05, 0.1) is 17.3 Å². The maximum Gasteiger partial charge on any atom is 0.337 e. The molecule has 0 unspecified atom stereocenters. The van der Waals surface area contributed by atoms with Gasteiger partial charge in [-0.25, -0.2) is 14.8 Å². The summed E-state index contributed by atoms with van der Waals surface area (Å²) in [4.78, 5) is 39.5. The zero-order valence-corrected chi connectivity index (χ0v) is 16.8. The third-order valence-corrected chi connectivity index (χ3v) is 4.86. The first-order chi connectivity index (χ1) is 13.2. The minimum Gasteiger partial charge on any atom is -0.478 e. The van der Waals surface area contributed by atoms with Gasteiger partial charge in [-0.15, -0.1) is 0 Å². The summed E-state index contributed by atoms with van der Waals surface area (Å²) in [5.74, 6) is -0.332. The number of pyridine rings is 1. The molecule has 0 bridgehead atoms. The van der Waals surface area contributed by atoms with Gasteiger partial charge in [0, 0.05) is 35.6 Å². The van der Waals surface area contributed by atoms with Gasteiger partial charge in [-0.05, 0) is 38.3 Å². The van der Waals surface area contributed by atoms with Crippen LogP contribution in [0.4, 0.5) is 0 Å². The second-order valence-corrected chi connectivity index (χ2v) is 8.28. The second kappa shape index (κ2) is 7.66. The summed E-state index contributed by atoms with van der Waals surface area (Å²) in [5.41, 5.74) is 1.65. The number of carbonyl (C=O) groups excluding carboxylic acids is 1. The molecule has 1 fully saturated rings. The van der Waals surface area contributed by atoms with E-state index in [4.69, 9.17) is 4.98 Å². The number of piperidine rings is 1. The number of carboxylic acid groups (broad SMARTS) is 1. The quantitative estimate of drug-likeness (QED) is 0.870. The first kappa shape index (κ1) is 19.9. The van der Waals surface area contributed by atoms with E-state index in [9.17, 15) is 14.7 Å². The third-order valence-electron chi connectivity index (χ3n) is 4.86. The van der Waals surface area contributed by atoms with Crippen molar-refractivity contribution in [1.29, 1.82) is 0 Å². The van der Waals surface area contributed by atoms with Crippen LogP contribution in [0.2, 0.25) is 0 Å². The van der Waals surface area contributed by atoms with Crippen molar-refractivity contribution >= 4 is 11.9 Å². The fraction of sp³-hybridized carbons (Fsp3) is 0.476. The predicted octanol–water partition coefficient (Wildman–Crippen LogP) is 3.64. The SMILES string of the molecule is Cc1cc(-c2cncc(C(=O)O)c2)nc([C@@H]2CCCCN2C(=O)C(C)(C)C)n1. The van der Waals surface area contributed by atoms with E-state index < -0.39 is 11.4 Å². The van der Waals surface area contributed by atoms with Crippen LogP contribution in [0.15, 0.2) is 24.5 Å². The molecule has 3 rings (SSSR count). The van der Waals surface area contributed by atoms with Crippen LogP contribution in [0.5, 0.6) is 0 Å². The van der Waals surface area contributed by atoms with Crippen LogP contribution in [-0.2, 0) is 4.79 Å².